The predicted molar refractivity (Wildman–Crippen MR) is 52.9 cm³/mol. The lowest BCUT2D eigenvalue weighted by molar-refractivity contribution is -0.122. The van der Waals surface area contributed by atoms with E-state index in [9.17, 15) is 9.59 Å². The molecule has 0 aromatic heterocycles. The number of rotatable bonds is 1. The van der Waals surface area contributed by atoms with Gasteiger partial charge in [-0.15, -0.1) is 0 Å². The maximum Gasteiger partial charge on any atom is 0.265 e. The van der Waals surface area contributed by atoms with Gasteiger partial charge in [-0.1, -0.05) is 0 Å². The number of benzene rings is 1. The van der Waals surface area contributed by atoms with Crippen molar-refractivity contribution in [3.63, 3.8) is 0 Å². The van der Waals surface area contributed by atoms with Crippen LogP contribution in [-0.4, -0.2) is 18.1 Å². The van der Waals surface area contributed by atoms with E-state index in [1.807, 2.05) is 0 Å². The molecule has 0 radical (unpaired) electrons. The van der Waals surface area contributed by atoms with Gasteiger partial charge in [0.05, 0.1) is 11.4 Å². The van der Waals surface area contributed by atoms with Crippen LogP contribution in [0.1, 0.15) is 6.92 Å². The van der Waals surface area contributed by atoms with E-state index in [0.29, 0.717) is 17.1 Å². The number of aliphatic imine (C=N–C) groups is 1. The number of amides is 1. The smallest absolute Gasteiger partial charge is 0.265 e. The van der Waals surface area contributed by atoms with Crippen molar-refractivity contribution in [2.45, 2.75) is 13.0 Å². The SMILES string of the molecule is CC1Oc2cc(N=C=O)ccc2NC1=O. The van der Waals surface area contributed by atoms with Gasteiger partial charge < -0.3 is 10.1 Å². The number of hydrogen-bond acceptors (Lipinski definition) is 4. The van der Waals surface area contributed by atoms with E-state index in [1.165, 1.54) is 6.08 Å². The van der Waals surface area contributed by atoms with Crippen LogP contribution in [0.15, 0.2) is 23.2 Å². The fourth-order valence-electron chi connectivity index (χ4n) is 1.31. The molecule has 1 heterocycles. The van der Waals surface area contributed by atoms with Crippen molar-refractivity contribution in [1.82, 2.24) is 0 Å². The minimum atomic E-state index is -0.534. The first-order chi connectivity index (χ1) is 7.20. The summed E-state index contributed by atoms with van der Waals surface area (Å²) in [5, 5.41) is 2.67. The first kappa shape index (κ1) is 9.43. The molecule has 1 aliphatic rings. The molecule has 1 N–H and O–H groups in total. The Kier molecular flexibility index (Phi) is 2.23. The number of isocyanates is 1. The molecule has 0 spiro atoms. The lowest BCUT2D eigenvalue weighted by Gasteiger charge is -2.23. The second kappa shape index (κ2) is 3.55. The van der Waals surface area contributed by atoms with E-state index >= 15 is 0 Å². The maximum atomic E-state index is 11.2. The Bertz CT molecular complexity index is 464. The van der Waals surface area contributed by atoms with Crippen molar-refractivity contribution < 1.29 is 14.3 Å². The van der Waals surface area contributed by atoms with Crippen LogP contribution < -0.4 is 10.1 Å². The summed E-state index contributed by atoms with van der Waals surface area (Å²) >= 11 is 0. The first-order valence-electron chi connectivity index (χ1n) is 4.40. The molecule has 1 unspecified atom stereocenters. The van der Waals surface area contributed by atoms with Crippen LogP contribution in [0.2, 0.25) is 0 Å². The molecule has 0 saturated heterocycles. The number of hydrogen-bond donors (Lipinski definition) is 1. The fraction of sp³-hybridized carbons (Fsp3) is 0.200. The predicted octanol–water partition coefficient (Wildman–Crippen LogP) is 1.37. The Hall–Kier alpha value is -2.13. The zero-order chi connectivity index (χ0) is 10.8. The second-order valence-electron chi connectivity index (χ2n) is 3.13. The van der Waals surface area contributed by atoms with E-state index in [1.54, 1.807) is 25.1 Å². The Morgan fingerprint density at radius 3 is 3.07 bits per heavy atom. The number of carbonyl (C=O) groups is 1. The standard InChI is InChI=1S/C10H8N2O3/c1-6-10(14)12-8-3-2-7(11-5-13)4-9(8)15-6/h2-4,6H,1H3,(H,12,14). The molecule has 1 atom stereocenters. The molecule has 0 saturated carbocycles. The van der Waals surface area contributed by atoms with Crippen molar-refractivity contribution >= 4 is 23.4 Å². The fourth-order valence-corrected chi connectivity index (χ4v) is 1.31. The van der Waals surface area contributed by atoms with Gasteiger partial charge in [-0.2, -0.15) is 4.99 Å². The second-order valence-corrected chi connectivity index (χ2v) is 3.13. The average Bonchev–Trinajstić information content (AvgIpc) is 2.21. The summed E-state index contributed by atoms with van der Waals surface area (Å²) in [4.78, 5) is 24.8. The zero-order valence-electron chi connectivity index (χ0n) is 7.98. The highest BCUT2D eigenvalue weighted by Crippen LogP contribution is 2.32. The molecule has 5 nitrogen and oxygen atoms in total. The lowest BCUT2D eigenvalue weighted by atomic mass is 10.2. The van der Waals surface area contributed by atoms with E-state index in [4.69, 9.17) is 4.74 Å². The maximum absolute atomic E-state index is 11.2. The van der Waals surface area contributed by atoms with E-state index in [2.05, 4.69) is 10.3 Å². The normalized spacial score (nSPS) is 18.2. The van der Waals surface area contributed by atoms with Crippen LogP contribution in [0.3, 0.4) is 0 Å². The highest BCUT2D eigenvalue weighted by atomic mass is 16.5. The minimum absolute atomic E-state index is 0.186. The molecular weight excluding hydrogens is 196 g/mol. The van der Waals surface area contributed by atoms with Gasteiger partial charge >= 0.3 is 0 Å². The number of anilines is 1. The Morgan fingerprint density at radius 2 is 2.33 bits per heavy atom. The van der Waals surface area contributed by atoms with E-state index in [-0.39, 0.29) is 5.91 Å². The molecule has 76 valence electrons. The van der Waals surface area contributed by atoms with Crippen LogP contribution in [0, 0.1) is 0 Å². The third-order valence-electron chi connectivity index (χ3n) is 2.07. The van der Waals surface area contributed by atoms with Gasteiger partial charge in [-0.3, -0.25) is 4.79 Å². The topological polar surface area (TPSA) is 67.8 Å². The Morgan fingerprint density at radius 1 is 1.53 bits per heavy atom. The number of nitrogens with one attached hydrogen (secondary N) is 1. The molecule has 15 heavy (non-hydrogen) atoms. The van der Waals surface area contributed by atoms with Gasteiger partial charge in [0.2, 0.25) is 6.08 Å². The number of fused-ring (bicyclic) bond motifs is 1. The van der Waals surface area contributed by atoms with Crippen LogP contribution in [0.4, 0.5) is 11.4 Å². The van der Waals surface area contributed by atoms with Gasteiger partial charge in [0.25, 0.3) is 5.91 Å². The summed E-state index contributed by atoms with van der Waals surface area (Å²) < 4.78 is 5.33. The Labute approximate surface area is 85.8 Å². The van der Waals surface area contributed by atoms with Crippen LogP contribution >= 0.6 is 0 Å². The average molecular weight is 204 g/mol. The van der Waals surface area contributed by atoms with Crippen molar-refractivity contribution in [2.24, 2.45) is 4.99 Å². The van der Waals surface area contributed by atoms with Gasteiger partial charge in [0, 0.05) is 6.07 Å². The molecule has 1 aromatic carbocycles. The number of nitrogens with zero attached hydrogens (tertiary/aromatic N) is 1. The molecular formula is C10H8N2O3. The first-order valence-corrected chi connectivity index (χ1v) is 4.40. The van der Waals surface area contributed by atoms with E-state index in [0.717, 1.165) is 0 Å². The monoisotopic (exact) mass is 204 g/mol. The molecule has 0 fully saturated rings. The van der Waals surface area contributed by atoms with Crippen LogP contribution in [0.5, 0.6) is 5.75 Å². The third kappa shape index (κ3) is 1.73. The van der Waals surface area contributed by atoms with Crippen LogP contribution in [0.25, 0.3) is 0 Å². The molecule has 0 bridgehead atoms. The highest BCUT2D eigenvalue weighted by Gasteiger charge is 2.23. The van der Waals surface area contributed by atoms with Gasteiger partial charge in [-0.05, 0) is 19.1 Å². The molecule has 1 aliphatic heterocycles. The summed E-state index contributed by atoms with van der Waals surface area (Å²) in [5.74, 6) is 0.327. The third-order valence-corrected chi connectivity index (χ3v) is 2.07. The number of ether oxygens (including phenoxy) is 1. The minimum Gasteiger partial charge on any atom is -0.479 e. The van der Waals surface area contributed by atoms with Crippen molar-refractivity contribution in [2.75, 3.05) is 5.32 Å². The Balaban J connectivity index is 2.41. The molecule has 1 amide bonds. The van der Waals surface area contributed by atoms with Crippen LogP contribution in [-0.2, 0) is 9.59 Å². The van der Waals surface area contributed by atoms with Crippen molar-refractivity contribution in [1.29, 1.82) is 0 Å². The van der Waals surface area contributed by atoms with Gasteiger partial charge in [0.1, 0.15) is 5.75 Å². The summed E-state index contributed by atoms with van der Waals surface area (Å²) in [6.07, 6.45) is 0.909. The zero-order valence-corrected chi connectivity index (χ0v) is 7.98. The van der Waals surface area contributed by atoms with Gasteiger partial charge in [0.15, 0.2) is 6.10 Å². The number of carbonyl (C=O) groups excluding carboxylic acids is 2. The molecule has 1 aromatic rings. The summed E-state index contributed by atoms with van der Waals surface area (Å²) in [7, 11) is 0. The molecule has 2 rings (SSSR count). The summed E-state index contributed by atoms with van der Waals surface area (Å²) in [6.45, 7) is 1.65. The summed E-state index contributed by atoms with van der Waals surface area (Å²) in [5.41, 5.74) is 1.04. The molecule has 5 heteroatoms. The quantitative estimate of drug-likeness (QED) is 0.555. The lowest BCUT2D eigenvalue weighted by Crippen LogP contribution is -2.34. The van der Waals surface area contributed by atoms with Crippen molar-refractivity contribution in [3.8, 4) is 5.75 Å². The highest BCUT2D eigenvalue weighted by molar-refractivity contribution is 5.97. The summed E-state index contributed by atoms with van der Waals surface area (Å²) in [6, 6.07) is 4.81. The van der Waals surface area contributed by atoms with E-state index < -0.39 is 6.10 Å². The molecule has 0 aliphatic carbocycles. The largest absolute Gasteiger partial charge is 0.479 e. The van der Waals surface area contributed by atoms with Crippen molar-refractivity contribution in [3.05, 3.63) is 18.2 Å². The van der Waals surface area contributed by atoms with Gasteiger partial charge in [-0.25, -0.2) is 4.79 Å².